The largest absolute Gasteiger partial charge is 0.477 e. The lowest BCUT2D eigenvalue weighted by molar-refractivity contribution is 0.0686. The number of hydrogen-bond donors (Lipinski definition) is 3. The molecule has 0 atom stereocenters. The lowest BCUT2D eigenvalue weighted by Gasteiger charge is -2.04. The number of H-pyrrole nitrogens is 1. The molecule has 0 spiro atoms. The first-order valence-corrected chi connectivity index (χ1v) is 5.08. The second-order valence-electron chi connectivity index (χ2n) is 3.57. The number of carboxylic acids is 1. The minimum Gasteiger partial charge on any atom is -0.477 e. The minimum absolute atomic E-state index is 0.156. The van der Waals surface area contributed by atoms with Gasteiger partial charge in [-0.25, -0.2) is 9.78 Å². The van der Waals surface area contributed by atoms with Crippen LogP contribution in [0.1, 0.15) is 26.7 Å². The Kier molecular flexibility index (Phi) is 3.05. The summed E-state index contributed by atoms with van der Waals surface area (Å²) >= 11 is 0. The van der Waals surface area contributed by atoms with Crippen LogP contribution < -0.4 is 5.32 Å². The molecule has 0 aliphatic carbocycles. The summed E-state index contributed by atoms with van der Waals surface area (Å²) in [5.41, 5.74) is 0.885. The van der Waals surface area contributed by atoms with Crippen molar-refractivity contribution in [3.8, 4) is 0 Å². The molecule has 7 nitrogen and oxygen atoms in total. The molecule has 0 saturated carbocycles. The Balaban J connectivity index is 2.22. The van der Waals surface area contributed by atoms with Crippen LogP contribution >= 0.6 is 0 Å². The topological polar surface area (TPSA) is 108 Å². The zero-order chi connectivity index (χ0) is 13.1. The van der Waals surface area contributed by atoms with Crippen molar-refractivity contribution in [2.75, 3.05) is 5.32 Å². The maximum absolute atomic E-state index is 11.8. The van der Waals surface area contributed by atoms with Crippen molar-refractivity contribution in [3.63, 3.8) is 0 Å². The third-order valence-corrected chi connectivity index (χ3v) is 2.22. The first-order chi connectivity index (χ1) is 8.58. The van der Waals surface area contributed by atoms with Crippen molar-refractivity contribution in [1.29, 1.82) is 0 Å². The number of aromatic amines is 1. The summed E-state index contributed by atoms with van der Waals surface area (Å²) in [5.74, 6) is -1.82. The third kappa shape index (κ3) is 2.34. The second kappa shape index (κ2) is 4.66. The van der Waals surface area contributed by atoms with Gasteiger partial charge >= 0.3 is 5.97 Å². The van der Waals surface area contributed by atoms with Gasteiger partial charge in [0.15, 0.2) is 11.4 Å². The lowest BCUT2D eigenvalue weighted by Crippen LogP contribution is -2.16. The Hall–Kier alpha value is -2.70. The number of aromatic carboxylic acids is 1. The van der Waals surface area contributed by atoms with Crippen LogP contribution in [0, 0.1) is 6.92 Å². The molecule has 0 aliphatic rings. The summed E-state index contributed by atoms with van der Waals surface area (Å²) in [5, 5.41) is 11.4. The van der Waals surface area contributed by atoms with Gasteiger partial charge in [-0.2, -0.15) is 0 Å². The number of nitrogens with zero attached hydrogens (tertiary/aromatic N) is 2. The van der Waals surface area contributed by atoms with Gasteiger partial charge in [-0.05, 0) is 19.1 Å². The molecular weight excluding hydrogens is 236 g/mol. The fourth-order valence-electron chi connectivity index (χ4n) is 1.44. The average Bonchev–Trinajstić information content (AvgIpc) is 2.77. The number of amides is 1. The van der Waals surface area contributed by atoms with Crippen LogP contribution in [0.2, 0.25) is 0 Å². The number of carbonyl (C=O) groups is 2. The van der Waals surface area contributed by atoms with E-state index in [4.69, 9.17) is 5.11 Å². The van der Waals surface area contributed by atoms with E-state index in [1.54, 1.807) is 25.3 Å². The standard InChI is InChI=1S/C11H10N4O3/c1-6-4-7(2-3-12-6)15-10(16)8-9(11(17)18)14-5-13-8/h2-5H,1H3,(H,13,14)(H,17,18)(H,12,15,16). The lowest BCUT2D eigenvalue weighted by atomic mass is 10.3. The molecule has 7 heteroatoms. The predicted molar refractivity (Wildman–Crippen MR) is 62.5 cm³/mol. The molecule has 0 radical (unpaired) electrons. The Morgan fingerprint density at radius 3 is 2.83 bits per heavy atom. The van der Waals surface area contributed by atoms with Crippen molar-refractivity contribution >= 4 is 17.6 Å². The van der Waals surface area contributed by atoms with Gasteiger partial charge in [-0.15, -0.1) is 0 Å². The van der Waals surface area contributed by atoms with Gasteiger partial charge in [0.25, 0.3) is 5.91 Å². The maximum Gasteiger partial charge on any atom is 0.354 e. The fourth-order valence-corrected chi connectivity index (χ4v) is 1.44. The van der Waals surface area contributed by atoms with E-state index in [2.05, 4.69) is 20.3 Å². The van der Waals surface area contributed by atoms with E-state index in [9.17, 15) is 9.59 Å². The van der Waals surface area contributed by atoms with Crippen LogP contribution in [0.5, 0.6) is 0 Å². The predicted octanol–water partition coefficient (Wildman–Crippen LogP) is 1.06. The number of hydrogen-bond acceptors (Lipinski definition) is 4. The normalized spacial score (nSPS) is 10.1. The van der Waals surface area contributed by atoms with Crippen LogP contribution in [-0.2, 0) is 0 Å². The van der Waals surface area contributed by atoms with Gasteiger partial charge in [0.05, 0.1) is 6.33 Å². The van der Waals surface area contributed by atoms with E-state index < -0.39 is 11.9 Å². The molecule has 0 saturated heterocycles. The zero-order valence-electron chi connectivity index (χ0n) is 9.47. The molecule has 0 unspecified atom stereocenters. The van der Waals surface area contributed by atoms with Gasteiger partial charge < -0.3 is 15.4 Å². The van der Waals surface area contributed by atoms with Gasteiger partial charge in [-0.3, -0.25) is 9.78 Å². The molecule has 2 aromatic heterocycles. The highest BCUT2D eigenvalue weighted by Crippen LogP contribution is 2.10. The zero-order valence-corrected chi connectivity index (χ0v) is 9.47. The molecule has 3 N–H and O–H groups in total. The summed E-state index contributed by atoms with van der Waals surface area (Å²) in [6.07, 6.45) is 2.71. The van der Waals surface area contributed by atoms with Crippen LogP contribution in [-0.4, -0.2) is 31.9 Å². The number of anilines is 1. The quantitative estimate of drug-likeness (QED) is 0.750. The summed E-state index contributed by atoms with van der Waals surface area (Å²) in [4.78, 5) is 32.7. The van der Waals surface area contributed by atoms with Crippen LogP contribution in [0.25, 0.3) is 0 Å². The number of rotatable bonds is 3. The Morgan fingerprint density at radius 1 is 1.39 bits per heavy atom. The number of carbonyl (C=O) groups excluding carboxylic acids is 1. The number of imidazole rings is 1. The smallest absolute Gasteiger partial charge is 0.354 e. The SMILES string of the molecule is Cc1cc(NC(=O)c2nc[nH]c2C(=O)O)ccn1. The molecule has 2 heterocycles. The molecule has 18 heavy (non-hydrogen) atoms. The molecule has 2 aromatic rings. The van der Waals surface area contributed by atoms with Crippen LogP contribution in [0.3, 0.4) is 0 Å². The van der Waals surface area contributed by atoms with E-state index >= 15 is 0 Å². The van der Waals surface area contributed by atoms with Crippen molar-refractivity contribution in [3.05, 3.63) is 41.7 Å². The number of aryl methyl sites for hydroxylation is 1. The van der Waals surface area contributed by atoms with Gasteiger partial charge in [0, 0.05) is 17.6 Å². The van der Waals surface area contributed by atoms with Crippen molar-refractivity contribution in [1.82, 2.24) is 15.0 Å². The fraction of sp³-hybridized carbons (Fsp3) is 0.0909. The van der Waals surface area contributed by atoms with Crippen molar-refractivity contribution in [2.45, 2.75) is 6.92 Å². The third-order valence-electron chi connectivity index (χ3n) is 2.22. The Morgan fingerprint density at radius 2 is 2.17 bits per heavy atom. The minimum atomic E-state index is -1.23. The molecule has 1 amide bonds. The molecular formula is C11H10N4O3. The Bertz CT molecular complexity index is 606. The summed E-state index contributed by atoms with van der Waals surface area (Å²) in [6.45, 7) is 1.78. The van der Waals surface area contributed by atoms with Crippen LogP contribution in [0.4, 0.5) is 5.69 Å². The van der Waals surface area contributed by atoms with E-state index in [-0.39, 0.29) is 11.4 Å². The first-order valence-electron chi connectivity index (χ1n) is 5.08. The highest BCUT2D eigenvalue weighted by atomic mass is 16.4. The second-order valence-corrected chi connectivity index (χ2v) is 3.57. The van der Waals surface area contributed by atoms with E-state index in [1.807, 2.05) is 0 Å². The van der Waals surface area contributed by atoms with E-state index in [1.165, 1.54) is 0 Å². The molecule has 92 valence electrons. The average molecular weight is 246 g/mol. The molecule has 0 aliphatic heterocycles. The summed E-state index contributed by atoms with van der Waals surface area (Å²) in [7, 11) is 0. The highest BCUT2D eigenvalue weighted by Gasteiger charge is 2.19. The molecule has 0 fully saturated rings. The Labute approximate surface area is 102 Å². The highest BCUT2D eigenvalue weighted by molar-refractivity contribution is 6.08. The van der Waals surface area contributed by atoms with Crippen LogP contribution in [0.15, 0.2) is 24.7 Å². The number of nitrogens with one attached hydrogen (secondary N) is 2. The molecule has 0 bridgehead atoms. The molecule has 0 aromatic carbocycles. The van der Waals surface area contributed by atoms with Crippen molar-refractivity contribution in [2.24, 2.45) is 0 Å². The van der Waals surface area contributed by atoms with Crippen molar-refractivity contribution < 1.29 is 14.7 Å². The van der Waals surface area contributed by atoms with E-state index in [0.29, 0.717) is 5.69 Å². The number of aromatic nitrogens is 3. The summed E-state index contributed by atoms with van der Waals surface area (Å²) in [6, 6.07) is 3.28. The van der Waals surface area contributed by atoms with Gasteiger partial charge in [0.2, 0.25) is 0 Å². The number of pyridine rings is 1. The summed E-state index contributed by atoms with van der Waals surface area (Å²) < 4.78 is 0. The number of carboxylic acid groups (broad SMARTS) is 1. The maximum atomic E-state index is 11.8. The van der Waals surface area contributed by atoms with E-state index in [0.717, 1.165) is 12.0 Å². The van der Waals surface area contributed by atoms with Gasteiger partial charge in [0.1, 0.15) is 0 Å². The molecule has 2 rings (SSSR count). The monoisotopic (exact) mass is 246 g/mol. The van der Waals surface area contributed by atoms with Gasteiger partial charge in [-0.1, -0.05) is 0 Å². The first kappa shape index (κ1) is 11.8.